The van der Waals surface area contributed by atoms with Gasteiger partial charge in [-0.2, -0.15) is 0 Å². The number of anilines is 3. The molecule has 3 rings (SSSR count). The number of rotatable bonds is 6. The van der Waals surface area contributed by atoms with Crippen LogP contribution in [0.3, 0.4) is 0 Å². The summed E-state index contributed by atoms with van der Waals surface area (Å²) < 4.78 is 0. The maximum Gasteiger partial charge on any atom is 0.251 e. The molecule has 1 N–H and O–H groups in total. The predicted molar refractivity (Wildman–Crippen MR) is 125 cm³/mol. The van der Waals surface area contributed by atoms with Gasteiger partial charge in [-0.1, -0.05) is 17.7 Å². The first-order valence-corrected chi connectivity index (χ1v) is 10.1. The minimum absolute atomic E-state index is 0. The number of aromatic nitrogens is 1. The van der Waals surface area contributed by atoms with Gasteiger partial charge in [-0.05, 0) is 63.6 Å². The number of carbonyl (C=O) groups is 1. The standard InChI is InChI=1S/C22H27ClN4O.ClH/c1-4-27(16(2)3)19-9-7-18(8-10-19)25-22(28)17-11-14-26(15-12-17)21-20(23)6-5-13-24-21;/h5-11,13,16H,4,12,14-15H2,1-3H3,(H,25,28);1H. The Hall–Kier alpha value is -2.24. The van der Waals surface area contributed by atoms with Crippen molar-refractivity contribution in [1.29, 1.82) is 0 Å². The molecule has 7 heteroatoms. The molecule has 0 saturated carbocycles. The molecule has 156 valence electrons. The second-order valence-electron chi connectivity index (χ2n) is 7.11. The summed E-state index contributed by atoms with van der Waals surface area (Å²) in [6, 6.07) is 12.1. The average molecular weight is 435 g/mol. The van der Waals surface area contributed by atoms with E-state index < -0.39 is 0 Å². The van der Waals surface area contributed by atoms with Crippen molar-refractivity contribution in [3.8, 4) is 0 Å². The summed E-state index contributed by atoms with van der Waals surface area (Å²) >= 11 is 6.22. The molecule has 1 aromatic heterocycles. The molecule has 5 nitrogen and oxygen atoms in total. The lowest BCUT2D eigenvalue weighted by molar-refractivity contribution is -0.113. The van der Waals surface area contributed by atoms with Gasteiger partial charge in [0, 0.05) is 48.8 Å². The van der Waals surface area contributed by atoms with E-state index in [0.29, 0.717) is 24.0 Å². The van der Waals surface area contributed by atoms with Gasteiger partial charge in [0.05, 0.1) is 5.02 Å². The average Bonchev–Trinajstić information content (AvgIpc) is 2.70. The summed E-state index contributed by atoms with van der Waals surface area (Å²) in [5.41, 5.74) is 2.77. The summed E-state index contributed by atoms with van der Waals surface area (Å²) in [7, 11) is 0. The summed E-state index contributed by atoms with van der Waals surface area (Å²) in [6.07, 6.45) is 4.35. The summed E-state index contributed by atoms with van der Waals surface area (Å²) in [5, 5.41) is 3.64. The molecule has 0 unspecified atom stereocenters. The lowest BCUT2D eigenvalue weighted by atomic mass is 10.1. The normalized spacial score (nSPS) is 13.6. The number of nitrogens with zero attached hydrogens (tertiary/aromatic N) is 3. The zero-order valence-electron chi connectivity index (χ0n) is 17.1. The molecule has 1 aliphatic rings. The molecule has 1 aromatic carbocycles. The number of nitrogens with one attached hydrogen (secondary N) is 1. The molecule has 0 saturated heterocycles. The fourth-order valence-corrected chi connectivity index (χ4v) is 3.71. The van der Waals surface area contributed by atoms with Crippen LogP contribution in [0.4, 0.5) is 17.2 Å². The fraction of sp³-hybridized carbons (Fsp3) is 0.364. The van der Waals surface area contributed by atoms with E-state index in [1.807, 2.05) is 30.3 Å². The van der Waals surface area contributed by atoms with E-state index in [2.05, 4.69) is 53.0 Å². The highest BCUT2D eigenvalue weighted by Crippen LogP contribution is 2.26. The number of benzene rings is 1. The van der Waals surface area contributed by atoms with Crippen molar-refractivity contribution in [2.24, 2.45) is 0 Å². The zero-order valence-corrected chi connectivity index (χ0v) is 18.6. The van der Waals surface area contributed by atoms with Crippen LogP contribution in [0.2, 0.25) is 5.02 Å². The molecule has 0 spiro atoms. The molecule has 1 aliphatic heterocycles. The van der Waals surface area contributed by atoms with E-state index in [0.717, 1.165) is 35.9 Å². The Morgan fingerprint density at radius 1 is 1.28 bits per heavy atom. The van der Waals surface area contributed by atoms with Gasteiger partial charge < -0.3 is 15.1 Å². The Morgan fingerprint density at radius 3 is 2.55 bits per heavy atom. The van der Waals surface area contributed by atoms with E-state index in [-0.39, 0.29) is 18.3 Å². The summed E-state index contributed by atoms with van der Waals surface area (Å²) in [6.45, 7) is 8.79. The van der Waals surface area contributed by atoms with Crippen molar-refractivity contribution < 1.29 is 4.79 Å². The molecular formula is C22H28Cl2N4O. The molecule has 2 aromatic rings. The zero-order chi connectivity index (χ0) is 20.1. The van der Waals surface area contributed by atoms with E-state index in [4.69, 9.17) is 11.6 Å². The molecular weight excluding hydrogens is 407 g/mol. The molecule has 2 heterocycles. The van der Waals surface area contributed by atoms with E-state index in [1.54, 1.807) is 6.20 Å². The van der Waals surface area contributed by atoms with Gasteiger partial charge in [0.2, 0.25) is 0 Å². The minimum atomic E-state index is -0.0456. The quantitative estimate of drug-likeness (QED) is 0.681. The third kappa shape index (κ3) is 5.64. The van der Waals surface area contributed by atoms with E-state index in [9.17, 15) is 4.79 Å². The number of hydrogen-bond donors (Lipinski definition) is 1. The van der Waals surface area contributed by atoms with Crippen molar-refractivity contribution in [3.05, 3.63) is 59.3 Å². The molecule has 0 bridgehead atoms. The Labute approximate surface area is 184 Å². The van der Waals surface area contributed by atoms with Crippen molar-refractivity contribution in [2.75, 3.05) is 34.8 Å². The molecule has 29 heavy (non-hydrogen) atoms. The predicted octanol–water partition coefficient (Wildman–Crippen LogP) is 5.17. The SMILES string of the molecule is CCN(c1ccc(NC(=O)C2=CCN(c3ncccc3Cl)CC2)cc1)C(C)C.Cl. The Bertz CT molecular complexity index is 852. The number of carbonyl (C=O) groups excluding carboxylic acids is 1. The van der Waals surface area contributed by atoms with Crippen LogP contribution in [0, 0.1) is 0 Å². The van der Waals surface area contributed by atoms with Crippen LogP contribution in [0.25, 0.3) is 0 Å². The lowest BCUT2D eigenvalue weighted by Gasteiger charge is -2.28. The number of halogens is 2. The highest BCUT2D eigenvalue weighted by atomic mass is 35.5. The van der Waals surface area contributed by atoms with Crippen LogP contribution in [-0.4, -0.2) is 36.6 Å². The van der Waals surface area contributed by atoms with Gasteiger partial charge in [-0.25, -0.2) is 4.98 Å². The van der Waals surface area contributed by atoms with Crippen LogP contribution in [0.5, 0.6) is 0 Å². The molecule has 0 radical (unpaired) electrons. The first kappa shape index (κ1) is 23.0. The van der Waals surface area contributed by atoms with Crippen LogP contribution < -0.4 is 15.1 Å². The molecule has 1 amide bonds. The maximum atomic E-state index is 12.6. The summed E-state index contributed by atoms with van der Waals surface area (Å²) in [4.78, 5) is 21.3. The Morgan fingerprint density at radius 2 is 2.00 bits per heavy atom. The van der Waals surface area contributed by atoms with Crippen molar-refractivity contribution in [3.63, 3.8) is 0 Å². The maximum absolute atomic E-state index is 12.6. The highest BCUT2D eigenvalue weighted by molar-refractivity contribution is 6.32. The molecule has 0 atom stereocenters. The first-order chi connectivity index (χ1) is 13.5. The van der Waals surface area contributed by atoms with Gasteiger partial charge in [-0.15, -0.1) is 12.4 Å². The topological polar surface area (TPSA) is 48.5 Å². The summed E-state index contributed by atoms with van der Waals surface area (Å²) in [5.74, 6) is 0.719. The van der Waals surface area contributed by atoms with E-state index in [1.165, 1.54) is 0 Å². The highest BCUT2D eigenvalue weighted by Gasteiger charge is 2.19. The lowest BCUT2D eigenvalue weighted by Crippen LogP contribution is -2.32. The van der Waals surface area contributed by atoms with Crippen LogP contribution in [0.1, 0.15) is 27.2 Å². The number of hydrogen-bond acceptors (Lipinski definition) is 4. The van der Waals surface area contributed by atoms with Crippen LogP contribution in [-0.2, 0) is 4.79 Å². The fourth-order valence-electron chi connectivity index (χ4n) is 3.47. The second-order valence-corrected chi connectivity index (χ2v) is 7.52. The third-order valence-electron chi connectivity index (χ3n) is 4.96. The Balaban J connectivity index is 0.00000300. The van der Waals surface area contributed by atoms with Crippen molar-refractivity contribution in [1.82, 2.24) is 4.98 Å². The van der Waals surface area contributed by atoms with Gasteiger partial charge in [0.1, 0.15) is 5.82 Å². The smallest absolute Gasteiger partial charge is 0.251 e. The molecule has 0 fully saturated rings. The third-order valence-corrected chi connectivity index (χ3v) is 5.26. The van der Waals surface area contributed by atoms with Crippen LogP contribution >= 0.6 is 24.0 Å². The minimum Gasteiger partial charge on any atom is -0.369 e. The van der Waals surface area contributed by atoms with Gasteiger partial charge in [-0.3, -0.25) is 4.79 Å². The number of amides is 1. The van der Waals surface area contributed by atoms with Gasteiger partial charge in [0.15, 0.2) is 0 Å². The van der Waals surface area contributed by atoms with Gasteiger partial charge >= 0.3 is 0 Å². The molecule has 0 aliphatic carbocycles. The monoisotopic (exact) mass is 434 g/mol. The van der Waals surface area contributed by atoms with Crippen molar-refractivity contribution >= 4 is 47.1 Å². The van der Waals surface area contributed by atoms with E-state index >= 15 is 0 Å². The van der Waals surface area contributed by atoms with Crippen LogP contribution in [0.15, 0.2) is 54.2 Å². The second kappa shape index (κ2) is 10.5. The van der Waals surface area contributed by atoms with Gasteiger partial charge in [0.25, 0.3) is 5.91 Å². The largest absolute Gasteiger partial charge is 0.369 e. The Kier molecular flexibility index (Phi) is 8.35. The first-order valence-electron chi connectivity index (χ1n) is 9.72. The number of pyridine rings is 1. The van der Waals surface area contributed by atoms with Crippen molar-refractivity contribution in [2.45, 2.75) is 33.2 Å².